The van der Waals surface area contributed by atoms with Crippen LogP contribution in [0.4, 0.5) is 10.1 Å². The second-order valence-electron chi connectivity index (χ2n) is 7.24. The van der Waals surface area contributed by atoms with Crippen LogP contribution in [0.3, 0.4) is 0 Å². The Balaban J connectivity index is 1.80. The van der Waals surface area contributed by atoms with Crippen LogP contribution < -0.4 is 5.73 Å². The lowest BCUT2D eigenvalue weighted by Gasteiger charge is -2.38. The van der Waals surface area contributed by atoms with Gasteiger partial charge in [-0.15, -0.1) is 0 Å². The number of nitrogens with two attached hydrogens (primary N) is 1. The predicted molar refractivity (Wildman–Crippen MR) is 79.2 cm³/mol. The van der Waals surface area contributed by atoms with Crippen molar-refractivity contribution in [3.05, 3.63) is 29.6 Å². The molecule has 21 heavy (non-hydrogen) atoms. The maximum Gasteiger partial charge on any atom is 0.341 e. The molecule has 0 amide bonds. The minimum absolute atomic E-state index is 0.0163. The summed E-state index contributed by atoms with van der Waals surface area (Å²) in [6, 6.07) is 4.07. The summed E-state index contributed by atoms with van der Waals surface area (Å²) in [6.07, 6.45) is 3.00. The van der Waals surface area contributed by atoms with Gasteiger partial charge in [0.1, 0.15) is 11.9 Å². The van der Waals surface area contributed by atoms with Crippen molar-refractivity contribution in [2.45, 2.75) is 46.1 Å². The topological polar surface area (TPSA) is 52.3 Å². The van der Waals surface area contributed by atoms with E-state index in [0.717, 1.165) is 18.9 Å². The first-order valence-corrected chi connectivity index (χ1v) is 7.52. The van der Waals surface area contributed by atoms with Crippen molar-refractivity contribution < 1.29 is 13.9 Å². The Hall–Kier alpha value is -1.58. The van der Waals surface area contributed by atoms with E-state index in [9.17, 15) is 9.18 Å². The third-order valence-electron chi connectivity index (χ3n) is 6.18. The molecule has 4 heteroatoms. The van der Waals surface area contributed by atoms with Crippen molar-refractivity contribution in [1.82, 2.24) is 0 Å². The van der Waals surface area contributed by atoms with Gasteiger partial charge in [-0.3, -0.25) is 0 Å². The Morgan fingerprint density at radius 1 is 1.38 bits per heavy atom. The Labute approximate surface area is 124 Å². The highest BCUT2D eigenvalue weighted by molar-refractivity contribution is 5.90. The van der Waals surface area contributed by atoms with Gasteiger partial charge in [-0.2, -0.15) is 0 Å². The second kappa shape index (κ2) is 4.46. The van der Waals surface area contributed by atoms with Crippen LogP contribution in [0.1, 0.15) is 50.4 Å². The van der Waals surface area contributed by atoms with Gasteiger partial charge in [0.2, 0.25) is 0 Å². The fraction of sp³-hybridized carbons (Fsp3) is 0.588. The number of benzene rings is 1. The summed E-state index contributed by atoms with van der Waals surface area (Å²) in [6.45, 7) is 6.70. The van der Waals surface area contributed by atoms with Crippen molar-refractivity contribution in [2.75, 3.05) is 5.73 Å². The standard InChI is InChI=1S/C17H22FNO2/c1-16(2)10-6-7-17(16,3)14(8-10)21-15(20)12-5-4-11(19)9-13(12)18/h4-5,9-10,14H,6-8,19H2,1-3H3. The predicted octanol–water partition coefficient (Wildman–Crippen LogP) is 3.78. The number of ether oxygens (including phenoxy) is 1. The van der Waals surface area contributed by atoms with Crippen molar-refractivity contribution in [1.29, 1.82) is 0 Å². The van der Waals surface area contributed by atoms with Crippen molar-refractivity contribution >= 4 is 11.7 Å². The summed E-state index contributed by atoms with van der Waals surface area (Å²) < 4.78 is 19.5. The van der Waals surface area contributed by atoms with Crippen molar-refractivity contribution in [2.24, 2.45) is 16.7 Å². The van der Waals surface area contributed by atoms with E-state index in [1.54, 1.807) is 0 Å². The van der Waals surface area contributed by atoms with Gasteiger partial charge in [0.15, 0.2) is 0 Å². The molecule has 0 saturated heterocycles. The van der Waals surface area contributed by atoms with Crippen LogP contribution in [-0.2, 0) is 4.74 Å². The molecule has 3 rings (SSSR count). The number of hydrogen-bond acceptors (Lipinski definition) is 3. The van der Waals surface area contributed by atoms with Gasteiger partial charge in [0, 0.05) is 11.1 Å². The second-order valence-corrected chi connectivity index (χ2v) is 7.24. The number of carbonyl (C=O) groups is 1. The maximum absolute atomic E-state index is 13.8. The maximum atomic E-state index is 13.8. The van der Waals surface area contributed by atoms with Crippen LogP contribution >= 0.6 is 0 Å². The van der Waals surface area contributed by atoms with E-state index < -0.39 is 11.8 Å². The average molecular weight is 291 g/mol. The van der Waals surface area contributed by atoms with Crippen LogP contribution in [0, 0.1) is 22.6 Å². The van der Waals surface area contributed by atoms with Gasteiger partial charge in [-0.05, 0) is 48.8 Å². The van der Waals surface area contributed by atoms with Crippen LogP contribution in [0.2, 0.25) is 0 Å². The summed E-state index contributed by atoms with van der Waals surface area (Å²) in [5.74, 6) is -0.619. The van der Waals surface area contributed by atoms with E-state index in [2.05, 4.69) is 20.8 Å². The average Bonchev–Trinajstić information content (AvgIpc) is 2.71. The van der Waals surface area contributed by atoms with Crippen molar-refractivity contribution in [3.63, 3.8) is 0 Å². The van der Waals surface area contributed by atoms with Crippen LogP contribution in [-0.4, -0.2) is 12.1 Å². The van der Waals surface area contributed by atoms with E-state index >= 15 is 0 Å². The fourth-order valence-corrected chi connectivity index (χ4v) is 4.20. The van der Waals surface area contributed by atoms with E-state index in [-0.39, 0.29) is 22.5 Å². The van der Waals surface area contributed by atoms with Gasteiger partial charge >= 0.3 is 5.97 Å². The zero-order chi connectivity index (χ0) is 15.4. The van der Waals surface area contributed by atoms with Gasteiger partial charge in [0.05, 0.1) is 5.56 Å². The minimum atomic E-state index is -0.618. The Kier molecular flexibility index (Phi) is 3.05. The summed E-state index contributed by atoms with van der Waals surface area (Å²) in [5, 5.41) is 0. The van der Waals surface area contributed by atoms with Crippen LogP contribution in [0.5, 0.6) is 0 Å². The molecule has 0 spiro atoms. The van der Waals surface area contributed by atoms with Gasteiger partial charge in [-0.1, -0.05) is 20.8 Å². The van der Waals surface area contributed by atoms with E-state index in [4.69, 9.17) is 10.5 Å². The number of carbonyl (C=O) groups excluding carboxylic acids is 1. The molecule has 2 aliphatic carbocycles. The van der Waals surface area contributed by atoms with E-state index in [1.807, 2.05) is 0 Å². The fourth-order valence-electron chi connectivity index (χ4n) is 4.20. The lowest BCUT2D eigenvalue weighted by molar-refractivity contribution is -0.0245. The monoisotopic (exact) mass is 291 g/mol. The summed E-state index contributed by atoms with van der Waals surface area (Å²) in [7, 11) is 0. The van der Waals surface area contributed by atoms with Gasteiger partial charge in [0.25, 0.3) is 0 Å². The Morgan fingerprint density at radius 3 is 2.62 bits per heavy atom. The molecule has 2 saturated carbocycles. The molecule has 0 heterocycles. The molecule has 1 aromatic carbocycles. The number of rotatable bonds is 2. The summed E-state index contributed by atoms with van der Waals surface area (Å²) in [4.78, 5) is 12.3. The third kappa shape index (κ3) is 1.95. The zero-order valence-corrected chi connectivity index (χ0v) is 12.8. The molecule has 0 radical (unpaired) electrons. The smallest absolute Gasteiger partial charge is 0.341 e. The number of fused-ring (bicyclic) bond motifs is 2. The van der Waals surface area contributed by atoms with Gasteiger partial charge < -0.3 is 10.5 Å². The molecule has 1 aromatic rings. The third-order valence-corrected chi connectivity index (χ3v) is 6.18. The lowest BCUT2D eigenvalue weighted by atomic mass is 9.70. The summed E-state index contributed by atoms with van der Waals surface area (Å²) >= 11 is 0. The number of nitrogen functional groups attached to an aromatic ring is 1. The Bertz CT molecular complexity index is 598. The molecule has 0 aliphatic heterocycles. The molecular weight excluding hydrogens is 269 g/mol. The first-order valence-electron chi connectivity index (χ1n) is 7.52. The number of anilines is 1. The molecule has 3 atom stereocenters. The van der Waals surface area contributed by atoms with E-state index in [1.165, 1.54) is 18.6 Å². The number of hydrogen-bond donors (Lipinski definition) is 1. The van der Waals surface area contributed by atoms with E-state index in [0.29, 0.717) is 11.6 Å². The van der Waals surface area contributed by atoms with Crippen LogP contribution in [0.25, 0.3) is 0 Å². The normalized spacial score (nSPS) is 33.1. The minimum Gasteiger partial charge on any atom is -0.458 e. The highest BCUT2D eigenvalue weighted by atomic mass is 19.1. The largest absolute Gasteiger partial charge is 0.458 e. The number of halogens is 1. The molecule has 3 unspecified atom stereocenters. The molecular formula is C17H22FNO2. The zero-order valence-electron chi connectivity index (χ0n) is 12.8. The highest BCUT2D eigenvalue weighted by Crippen LogP contribution is 2.66. The molecule has 0 aromatic heterocycles. The molecule has 3 nitrogen and oxygen atoms in total. The number of esters is 1. The SMILES string of the molecule is CC1(C)C2CCC1(C)C(OC(=O)c1ccc(N)cc1F)C2. The first-order chi connectivity index (χ1) is 9.75. The van der Waals surface area contributed by atoms with Crippen LogP contribution in [0.15, 0.2) is 18.2 Å². The Morgan fingerprint density at radius 2 is 2.10 bits per heavy atom. The molecule has 2 aliphatic rings. The molecule has 2 fully saturated rings. The molecule has 2 N–H and O–H groups in total. The van der Waals surface area contributed by atoms with Crippen molar-refractivity contribution in [3.8, 4) is 0 Å². The quantitative estimate of drug-likeness (QED) is 0.666. The van der Waals surface area contributed by atoms with Gasteiger partial charge in [-0.25, -0.2) is 9.18 Å². The lowest BCUT2D eigenvalue weighted by Crippen LogP contribution is -2.38. The highest BCUT2D eigenvalue weighted by Gasteiger charge is 2.62. The molecule has 2 bridgehead atoms. The molecule has 114 valence electrons. The first kappa shape index (κ1) is 14.4. The summed E-state index contributed by atoms with van der Waals surface area (Å²) in [5.41, 5.74) is 5.92.